The van der Waals surface area contributed by atoms with E-state index in [1.54, 1.807) is 0 Å². The monoisotopic (exact) mass is 316 g/mol. The maximum atomic E-state index is 13.4. The Labute approximate surface area is 123 Å². The molecule has 104 valence electrons. The molecule has 0 unspecified atom stereocenters. The van der Waals surface area contributed by atoms with Gasteiger partial charge in [0.15, 0.2) is 0 Å². The third-order valence-electron chi connectivity index (χ3n) is 2.47. The highest BCUT2D eigenvalue weighted by molar-refractivity contribution is 6.44. The van der Waals surface area contributed by atoms with Gasteiger partial charge < -0.3 is 11.1 Å². The molecule has 0 saturated heterocycles. The highest BCUT2D eigenvalue weighted by atomic mass is 35.5. The lowest BCUT2D eigenvalue weighted by atomic mass is 10.1. The van der Waals surface area contributed by atoms with Crippen molar-refractivity contribution in [3.63, 3.8) is 0 Å². The fourth-order valence-corrected chi connectivity index (χ4v) is 1.98. The number of hydrogen-bond donors (Lipinski definition) is 2. The Hall–Kier alpha value is -1.85. The summed E-state index contributed by atoms with van der Waals surface area (Å²) in [6.07, 6.45) is 0. The number of amides is 1. The molecule has 7 heteroatoms. The Morgan fingerprint density at radius 2 is 1.85 bits per heavy atom. The minimum absolute atomic E-state index is 0.0184. The largest absolute Gasteiger partial charge is 0.399 e. The molecule has 0 saturated carbocycles. The van der Waals surface area contributed by atoms with Crippen LogP contribution < -0.4 is 11.1 Å². The van der Waals surface area contributed by atoms with Gasteiger partial charge in [-0.1, -0.05) is 23.2 Å². The molecule has 0 heterocycles. The number of rotatable bonds is 2. The number of benzene rings is 2. The Morgan fingerprint density at radius 1 is 1.15 bits per heavy atom. The van der Waals surface area contributed by atoms with Crippen LogP contribution in [0.4, 0.5) is 20.2 Å². The van der Waals surface area contributed by atoms with Crippen LogP contribution in [0.1, 0.15) is 10.4 Å². The molecule has 2 aromatic carbocycles. The lowest BCUT2D eigenvalue weighted by molar-refractivity contribution is 0.102. The van der Waals surface area contributed by atoms with Crippen LogP contribution in [0, 0.1) is 11.6 Å². The summed E-state index contributed by atoms with van der Waals surface area (Å²) in [6, 6.07) is 5.37. The van der Waals surface area contributed by atoms with E-state index in [0.717, 1.165) is 18.2 Å². The summed E-state index contributed by atoms with van der Waals surface area (Å²) in [4.78, 5) is 12.0. The number of carbonyl (C=O) groups is 1. The van der Waals surface area contributed by atoms with E-state index in [-0.39, 0.29) is 27.0 Å². The van der Waals surface area contributed by atoms with Crippen molar-refractivity contribution < 1.29 is 13.6 Å². The first-order chi connectivity index (χ1) is 9.38. The van der Waals surface area contributed by atoms with Gasteiger partial charge in [-0.3, -0.25) is 4.79 Å². The summed E-state index contributed by atoms with van der Waals surface area (Å²) < 4.78 is 26.5. The number of hydrogen-bond acceptors (Lipinski definition) is 2. The molecule has 0 fully saturated rings. The van der Waals surface area contributed by atoms with E-state index in [1.807, 2.05) is 0 Å². The number of nitrogens with two attached hydrogens (primary N) is 1. The summed E-state index contributed by atoms with van der Waals surface area (Å²) >= 11 is 11.7. The van der Waals surface area contributed by atoms with Gasteiger partial charge >= 0.3 is 0 Å². The SMILES string of the molecule is Nc1cc(Cl)c(Cl)c(C(=O)Nc2cc(F)ccc2F)c1. The van der Waals surface area contributed by atoms with E-state index in [9.17, 15) is 13.6 Å². The average Bonchev–Trinajstić information content (AvgIpc) is 2.38. The molecule has 3 nitrogen and oxygen atoms in total. The van der Waals surface area contributed by atoms with Crippen LogP contribution in [-0.2, 0) is 0 Å². The summed E-state index contributed by atoms with van der Waals surface area (Å²) in [5.41, 5.74) is 5.45. The van der Waals surface area contributed by atoms with E-state index in [0.29, 0.717) is 0 Å². The molecular formula is C13H8Cl2F2N2O. The van der Waals surface area contributed by atoms with E-state index < -0.39 is 17.5 Å². The second-order valence-electron chi connectivity index (χ2n) is 3.94. The quantitative estimate of drug-likeness (QED) is 0.819. The normalized spacial score (nSPS) is 10.4. The summed E-state index contributed by atoms with van der Waals surface area (Å²) in [5, 5.41) is 2.29. The Balaban J connectivity index is 2.35. The standard InChI is InChI=1S/C13H8Cl2F2N2O/c14-9-5-7(18)4-8(12(9)15)13(20)19-11-3-6(16)1-2-10(11)17/h1-5H,18H2,(H,19,20). The van der Waals surface area contributed by atoms with Crippen LogP contribution in [-0.4, -0.2) is 5.91 Å². The molecular weight excluding hydrogens is 309 g/mol. The first-order valence-electron chi connectivity index (χ1n) is 5.39. The first kappa shape index (κ1) is 14.6. The van der Waals surface area contributed by atoms with Gasteiger partial charge in [0.05, 0.1) is 21.3 Å². The second kappa shape index (κ2) is 5.64. The van der Waals surface area contributed by atoms with Crippen molar-refractivity contribution in [2.45, 2.75) is 0 Å². The zero-order chi connectivity index (χ0) is 14.9. The highest BCUT2D eigenvalue weighted by Crippen LogP contribution is 2.29. The minimum atomic E-state index is -0.772. The molecule has 0 atom stereocenters. The summed E-state index contributed by atoms with van der Waals surface area (Å²) in [7, 11) is 0. The minimum Gasteiger partial charge on any atom is -0.399 e. The number of carbonyl (C=O) groups excluding carboxylic acids is 1. The molecule has 0 aliphatic rings. The van der Waals surface area contributed by atoms with Crippen molar-refractivity contribution in [2.24, 2.45) is 0 Å². The third kappa shape index (κ3) is 3.00. The van der Waals surface area contributed by atoms with Crippen LogP contribution in [0.15, 0.2) is 30.3 Å². The zero-order valence-electron chi connectivity index (χ0n) is 9.88. The van der Waals surface area contributed by atoms with Gasteiger partial charge in [-0.15, -0.1) is 0 Å². The fraction of sp³-hybridized carbons (Fsp3) is 0. The van der Waals surface area contributed by atoms with Gasteiger partial charge in [-0.2, -0.15) is 0 Å². The molecule has 3 N–H and O–H groups in total. The highest BCUT2D eigenvalue weighted by Gasteiger charge is 2.16. The summed E-state index contributed by atoms with van der Waals surface area (Å²) in [6.45, 7) is 0. The first-order valence-corrected chi connectivity index (χ1v) is 6.15. The van der Waals surface area contributed by atoms with Crippen molar-refractivity contribution in [1.82, 2.24) is 0 Å². The molecule has 0 bridgehead atoms. The second-order valence-corrected chi connectivity index (χ2v) is 4.73. The van der Waals surface area contributed by atoms with Crippen molar-refractivity contribution in [1.29, 1.82) is 0 Å². The predicted octanol–water partition coefficient (Wildman–Crippen LogP) is 4.11. The van der Waals surface area contributed by atoms with Crippen molar-refractivity contribution in [3.8, 4) is 0 Å². The van der Waals surface area contributed by atoms with Gasteiger partial charge in [-0.25, -0.2) is 8.78 Å². The lowest BCUT2D eigenvalue weighted by Crippen LogP contribution is -2.14. The zero-order valence-corrected chi connectivity index (χ0v) is 11.4. The number of nitrogens with one attached hydrogen (secondary N) is 1. The third-order valence-corrected chi connectivity index (χ3v) is 3.27. The van der Waals surface area contributed by atoms with E-state index in [2.05, 4.69) is 5.32 Å². The summed E-state index contributed by atoms with van der Waals surface area (Å²) in [5.74, 6) is -2.20. The fourth-order valence-electron chi connectivity index (χ4n) is 1.56. The molecule has 0 aromatic heterocycles. The van der Waals surface area contributed by atoms with Gasteiger partial charge in [-0.05, 0) is 24.3 Å². The molecule has 20 heavy (non-hydrogen) atoms. The van der Waals surface area contributed by atoms with E-state index in [1.165, 1.54) is 12.1 Å². The van der Waals surface area contributed by atoms with Crippen LogP contribution in [0.3, 0.4) is 0 Å². The number of halogens is 4. The molecule has 0 spiro atoms. The van der Waals surface area contributed by atoms with Gasteiger partial charge in [0.25, 0.3) is 5.91 Å². The number of nitrogen functional groups attached to an aromatic ring is 1. The Kier molecular flexibility index (Phi) is 4.11. The van der Waals surface area contributed by atoms with Crippen LogP contribution in [0.2, 0.25) is 10.0 Å². The molecule has 0 aliphatic carbocycles. The average molecular weight is 317 g/mol. The van der Waals surface area contributed by atoms with E-state index >= 15 is 0 Å². The maximum absolute atomic E-state index is 13.4. The predicted molar refractivity (Wildman–Crippen MR) is 75.2 cm³/mol. The van der Waals surface area contributed by atoms with Gasteiger partial charge in [0.2, 0.25) is 0 Å². The molecule has 0 aliphatic heterocycles. The molecule has 2 rings (SSSR count). The van der Waals surface area contributed by atoms with Crippen LogP contribution in [0.5, 0.6) is 0 Å². The lowest BCUT2D eigenvalue weighted by Gasteiger charge is -2.09. The van der Waals surface area contributed by atoms with Crippen LogP contribution in [0.25, 0.3) is 0 Å². The molecule has 1 amide bonds. The topological polar surface area (TPSA) is 55.1 Å². The Bertz CT molecular complexity index is 692. The van der Waals surface area contributed by atoms with Crippen LogP contribution >= 0.6 is 23.2 Å². The smallest absolute Gasteiger partial charge is 0.257 e. The Morgan fingerprint density at radius 3 is 2.55 bits per heavy atom. The maximum Gasteiger partial charge on any atom is 0.257 e. The molecule has 2 aromatic rings. The van der Waals surface area contributed by atoms with Crippen molar-refractivity contribution >= 4 is 40.5 Å². The van der Waals surface area contributed by atoms with Gasteiger partial charge in [0.1, 0.15) is 11.6 Å². The van der Waals surface area contributed by atoms with Crippen molar-refractivity contribution in [2.75, 3.05) is 11.1 Å². The van der Waals surface area contributed by atoms with E-state index in [4.69, 9.17) is 28.9 Å². The van der Waals surface area contributed by atoms with Crippen molar-refractivity contribution in [3.05, 3.63) is 57.6 Å². The number of anilines is 2. The molecule has 0 radical (unpaired) electrons. The van der Waals surface area contributed by atoms with Gasteiger partial charge in [0, 0.05) is 11.8 Å².